The summed E-state index contributed by atoms with van der Waals surface area (Å²) >= 11 is 0. The molecule has 2 rings (SSSR count). The number of aromatic hydroxyl groups is 1. The molecule has 2 aromatic carbocycles. The Balaban J connectivity index is 2.01. The van der Waals surface area contributed by atoms with E-state index in [0.29, 0.717) is 5.75 Å². The number of hydrogen-bond acceptors (Lipinski definition) is 3. The zero-order valence-electron chi connectivity index (χ0n) is 9.26. The van der Waals surface area contributed by atoms with Gasteiger partial charge in [-0.1, -0.05) is 18.2 Å². The van der Waals surface area contributed by atoms with Gasteiger partial charge < -0.3 is 9.84 Å². The van der Waals surface area contributed by atoms with Crippen LogP contribution in [0.4, 0.5) is 14.9 Å². The van der Waals surface area contributed by atoms with Gasteiger partial charge in [0.2, 0.25) is 0 Å². The average molecular weight is 247 g/mol. The van der Waals surface area contributed by atoms with E-state index in [-0.39, 0.29) is 5.69 Å². The summed E-state index contributed by atoms with van der Waals surface area (Å²) in [5.41, 5.74) is 0.200. The molecule has 0 saturated carbocycles. The van der Waals surface area contributed by atoms with Crippen molar-refractivity contribution in [1.82, 2.24) is 0 Å². The van der Waals surface area contributed by atoms with Crippen LogP contribution in [0.25, 0.3) is 0 Å². The monoisotopic (exact) mass is 247 g/mol. The Morgan fingerprint density at radius 2 is 1.89 bits per heavy atom. The first-order valence-corrected chi connectivity index (χ1v) is 5.17. The Morgan fingerprint density at radius 3 is 2.56 bits per heavy atom. The number of hydrogen-bond donors (Lipinski definition) is 2. The van der Waals surface area contributed by atoms with Crippen molar-refractivity contribution >= 4 is 11.8 Å². The summed E-state index contributed by atoms with van der Waals surface area (Å²) in [5, 5.41) is 11.3. The van der Waals surface area contributed by atoms with Crippen LogP contribution in [0.15, 0.2) is 48.5 Å². The molecule has 18 heavy (non-hydrogen) atoms. The van der Waals surface area contributed by atoms with Crippen LogP contribution in [-0.2, 0) is 0 Å². The third-order valence-electron chi connectivity index (χ3n) is 2.15. The van der Waals surface area contributed by atoms with Gasteiger partial charge in [0.05, 0.1) is 0 Å². The van der Waals surface area contributed by atoms with Crippen molar-refractivity contribution in [3.05, 3.63) is 54.3 Å². The molecule has 0 unspecified atom stereocenters. The molecule has 0 aliphatic rings. The van der Waals surface area contributed by atoms with Crippen LogP contribution >= 0.6 is 0 Å². The number of carbonyl (C=O) groups excluding carboxylic acids is 1. The van der Waals surface area contributed by atoms with Crippen molar-refractivity contribution in [3.8, 4) is 11.5 Å². The van der Waals surface area contributed by atoms with Gasteiger partial charge in [-0.2, -0.15) is 0 Å². The quantitative estimate of drug-likeness (QED) is 0.801. The lowest BCUT2D eigenvalue weighted by atomic mass is 10.3. The minimum absolute atomic E-state index is 0.200. The van der Waals surface area contributed by atoms with Crippen LogP contribution in [0.1, 0.15) is 0 Å². The summed E-state index contributed by atoms with van der Waals surface area (Å²) in [7, 11) is 0. The minimum atomic E-state index is -0.812. The first-order valence-electron chi connectivity index (χ1n) is 5.17. The van der Waals surface area contributed by atoms with Crippen LogP contribution in [0.5, 0.6) is 11.5 Å². The molecule has 0 aliphatic heterocycles. The van der Waals surface area contributed by atoms with Crippen molar-refractivity contribution in [2.45, 2.75) is 0 Å². The van der Waals surface area contributed by atoms with Gasteiger partial charge in [-0.25, -0.2) is 9.18 Å². The zero-order chi connectivity index (χ0) is 13.0. The highest BCUT2D eigenvalue weighted by Crippen LogP contribution is 2.19. The van der Waals surface area contributed by atoms with Crippen molar-refractivity contribution in [3.63, 3.8) is 0 Å². The molecule has 0 atom stereocenters. The summed E-state index contributed by atoms with van der Waals surface area (Å²) in [6.45, 7) is 0. The molecule has 2 aromatic rings. The van der Waals surface area contributed by atoms with Crippen molar-refractivity contribution in [1.29, 1.82) is 0 Å². The van der Waals surface area contributed by atoms with Gasteiger partial charge in [0.15, 0.2) is 11.6 Å². The Kier molecular flexibility index (Phi) is 3.43. The number of phenols is 1. The molecule has 2 N–H and O–H groups in total. The van der Waals surface area contributed by atoms with Gasteiger partial charge in [0.1, 0.15) is 5.75 Å². The van der Waals surface area contributed by atoms with Gasteiger partial charge in [0.25, 0.3) is 0 Å². The van der Waals surface area contributed by atoms with Crippen molar-refractivity contribution < 1.29 is 19.0 Å². The summed E-state index contributed by atoms with van der Waals surface area (Å²) in [5.74, 6) is -0.904. The number of phenolic OH excluding ortho intramolecular Hbond substituents is 1. The molecule has 5 heteroatoms. The second-order valence-electron chi connectivity index (χ2n) is 3.49. The van der Waals surface area contributed by atoms with Crippen molar-refractivity contribution in [2.75, 3.05) is 5.32 Å². The first-order chi connectivity index (χ1) is 8.65. The summed E-state index contributed by atoms with van der Waals surface area (Å²) in [6.07, 6.45) is -0.730. The van der Waals surface area contributed by atoms with E-state index in [1.165, 1.54) is 6.07 Å². The molecule has 0 saturated heterocycles. The summed E-state index contributed by atoms with van der Waals surface area (Å²) < 4.78 is 18.0. The number of halogens is 1. The maximum Gasteiger partial charge on any atom is 0.417 e. The SMILES string of the molecule is O=C(Nc1ccc(O)c(F)c1)Oc1ccccc1. The number of carbonyl (C=O) groups is 1. The van der Waals surface area contributed by atoms with Gasteiger partial charge >= 0.3 is 6.09 Å². The van der Waals surface area contributed by atoms with Gasteiger partial charge in [-0.3, -0.25) is 5.32 Å². The van der Waals surface area contributed by atoms with Crippen LogP contribution in [0, 0.1) is 5.82 Å². The molecular weight excluding hydrogens is 237 g/mol. The molecular formula is C13H10FNO3. The third kappa shape index (κ3) is 2.98. The maximum absolute atomic E-state index is 13.0. The molecule has 0 aliphatic carbocycles. The maximum atomic E-state index is 13.0. The molecule has 4 nitrogen and oxygen atoms in total. The molecule has 1 amide bonds. The van der Waals surface area contributed by atoms with Crippen LogP contribution in [0.3, 0.4) is 0 Å². The van der Waals surface area contributed by atoms with Gasteiger partial charge in [-0.05, 0) is 24.3 Å². The molecule has 0 fully saturated rings. The molecule has 92 valence electrons. The van der Waals surface area contributed by atoms with E-state index in [2.05, 4.69) is 5.32 Å². The van der Waals surface area contributed by atoms with Crippen molar-refractivity contribution in [2.24, 2.45) is 0 Å². The van der Waals surface area contributed by atoms with Gasteiger partial charge in [0, 0.05) is 11.8 Å². The Morgan fingerprint density at radius 1 is 1.17 bits per heavy atom. The number of amides is 1. The predicted molar refractivity (Wildman–Crippen MR) is 64.2 cm³/mol. The van der Waals surface area contributed by atoms with E-state index in [1.807, 2.05) is 0 Å². The molecule has 0 bridgehead atoms. The fourth-order valence-corrected chi connectivity index (χ4v) is 1.32. The zero-order valence-corrected chi connectivity index (χ0v) is 9.26. The van der Waals surface area contributed by atoms with E-state index in [1.54, 1.807) is 30.3 Å². The highest BCUT2D eigenvalue weighted by molar-refractivity contribution is 5.86. The number of rotatable bonds is 2. The van der Waals surface area contributed by atoms with E-state index in [4.69, 9.17) is 9.84 Å². The number of ether oxygens (including phenoxy) is 1. The number of para-hydroxylation sites is 1. The summed E-state index contributed by atoms with van der Waals surface area (Å²) in [4.78, 5) is 11.5. The van der Waals surface area contributed by atoms with E-state index >= 15 is 0 Å². The number of benzene rings is 2. The van der Waals surface area contributed by atoms with Crippen LogP contribution in [-0.4, -0.2) is 11.2 Å². The smallest absolute Gasteiger partial charge is 0.417 e. The fraction of sp³-hybridized carbons (Fsp3) is 0. The second kappa shape index (κ2) is 5.18. The fourth-order valence-electron chi connectivity index (χ4n) is 1.32. The molecule has 0 spiro atoms. The normalized spacial score (nSPS) is 9.83. The van der Waals surface area contributed by atoms with Crippen LogP contribution in [0.2, 0.25) is 0 Å². The topological polar surface area (TPSA) is 58.6 Å². The second-order valence-corrected chi connectivity index (χ2v) is 3.49. The molecule has 0 aromatic heterocycles. The van der Waals surface area contributed by atoms with E-state index in [9.17, 15) is 9.18 Å². The average Bonchev–Trinajstić information content (AvgIpc) is 2.35. The predicted octanol–water partition coefficient (Wildman–Crippen LogP) is 3.14. The highest BCUT2D eigenvalue weighted by atomic mass is 19.1. The van der Waals surface area contributed by atoms with E-state index < -0.39 is 17.7 Å². The Labute approximate surface area is 103 Å². The lowest BCUT2D eigenvalue weighted by Gasteiger charge is -2.06. The largest absolute Gasteiger partial charge is 0.505 e. The van der Waals surface area contributed by atoms with Gasteiger partial charge in [-0.15, -0.1) is 0 Å². The number of anilines is 1. The third-order valence-corrected chi connectivity index (χ3v) is 2.15. The molecule has 0 heterocycles. The lowest BCUT2D eigenvalue weighted by Crippen LogP contribution is -2.16. The highest BCUT2D eigenvalue weighted by Gasteiger charge is 2.07. The number of nitrogens with one attached hydrogen (secondary N) is 1. The Hall–Kier alpha value is -2.56. The standard InChI is InChI=1S/C13H10FNO3/c14-11-8-9(6-7-12(11)16)15-13(17)18-10-4-2-1-3-5-10/h1-8,16H,(H,15,17). The molecule has 0 radical (unpaired) electrons. The lowest BCUT2D eigenvalue weighted by molar-refractivity contribution is 0.215. The Bertz CT molecular complexity index is 557. The van der Waals surface area contributed by atoms with Crippen LogP contribution < -0.4 is 10.1 Å². The minimum Gasteiger partial charge on any atom is -0.505 e. The first kappa shape index (κ1) is 11.9. The summed E-state index contributed by atoms with van der Waals surface area (Å²) in [6, 6.07) is 12.0. The van der Waals surface area contributed by atoms with E-state index in [0.717, 1.165) is 12.1 Å².